The lowest BCUT2D eigenvalue weighted by Gasteiger charge is -2.16. The Morgan fingerprint density at radius 2 is 2.10 bits per heavy atom. The second kappa shape index (κ2) is 6.59. The van der Waals surface area contributed by atoms with Gasteiger partial charge < -0.3 is 15.2 Å². The molecule has 1 aliphatic carbocycles. The maximum Gasteiger partial charge on any atom is 0.343 e. The Kier molecular flexibility index (Phi) is 4.82. The topological polar surface area (TPSA) is 61.5 Å². The SMILES string of the molecule is CCCOC(=O)c1c(N)ccc(OC2CCCC2)c1F. The molecule has 0 aliphatic heterocycles. The molecule has 1 aromatic carbocycles. The van der Waals surface area contributed by atoms with Crippen LogP contribution >= 0.6 is 0 Å². The molecule has 0 spiro atoms. The fourth-order valence-corrected chi connectivity index (χ4v) is 2.32. The number of carbonyl (C=O) groups is 1. The number of hydrogen-bond acceptors (Lipinski definition) is 4. The van der Waals surface area contributed by atoms with E-state index in [4.69, 9.17) is 15.2 Å². The van der Waals surface area contributed by atoms with Gasteiger partial charge in [-0.1, -0.05) is 6.92 Å². The quantitative estimate of drug-likeness (QED) is 0.664. The zero-order valence-electron chi connectivity index (χ0n) is 11.7. The lowest BCUT2D eigenvalue weighted by atomic mass is 10.1. The average molecular weight is 281 g/mol. The summed E-state index contributed by atoms with van der Waals surface area (Å²) in [4.78, 5) is 11.8. The van der Waals surface area contributed by atoms with E-state index in [0.29, 0.717) is 6.42 Å². The Hall–Kier alpha value is -1.78. The van der Waals surface area contributed by atoms with Crippen LogP contribution in [0.1, 0.15) is 49.4 Å². The van der Waals surface area contributed by atoms with Gasteiger partial charge in [-0.15, -0.1) is 0 Å². The van der Waals surface area contributed by atoms with E-state index in [1.54, 1.807) is 0 Å². The number of halogens is 1. The summed E-state index contributed by atoms with van der Waals surface area (Å²) in [7, 11) is 0. The smallest absolute Gasteiger partial charge is 0.343 e. The van der Waals surface area contributed by atoms with Crippen molar-refractivity contribution in [3.8, 4) is 5.75 Å². The summed E-state index contributed by atoms with van der Waals surface area (Å²) in [5.41, 5.74) is 5.52. The van der Waals surface area contributed by atoms with Crippen molar-refractivity contribution in [2.75, 3.05) is 12.3 Å². The third-order valence-corrected chi connectivity index (χ3v) is 3.38. The number of rotatable bonds is 5. The molecule has 110 valence electrons. The Labute approximate surface area is 118 Å². The Morgan fingerprint density at radius 3 is 2.75 bits per heavy atom. The zero-order chi connectivity index (χ0) is 14.5. The highest BCUT2D eigenvalue weighted by Gasteiger charge is 2.24. The van der Waals surface area contributed by atoms with Gasteiger partial charge in [0.1, 0.15) is 5.56 Å². The first-order chi connectivity index (χ1) is 9.63. The first-order valence-electron chi connectivity index (χ1n) is 7.05. The molecule has 1 saturated carbocycles. The number of benzene rings is 1. The first kappa shape index (κ1) is 14.6. The molecule has 2 N–H and O–H groups in total. The minimum Gasteiger partial charge on any atom is -0.487 e. The van der Waals surface area contributed by atoms with Crippen LogP contribution in [0, 0.1) is 5.82 Å². The van der Waals surface area contributed by atoms with Gasteiger partial charge in [-0.3, -0.25) is 0 Å². The minimum atomic E-state index is -0.737. The van der Waals surface area contributed by atoms with E-state index in [0.717, 1.165) is 25.7 Å². The molecule has 0 unspecified atom stereocenters. The number of carbonyl (C=O) groups excluding carboxylic acids is 1. The molecule has 1 aliphatic rings. The van der Waals surface area contributed by atoms with Gasteiger partial charge >= 0.3 is 5.97 Å². The maximum atomic E-state index is 14.4. The first-order valence-corrected chi connectivity index (χ1v) is 7.05. The van der Waals surface area contributed by atoms with E-state index in [9.17, 15) is 9.18 Å². The molecule has 0 amide bonds. The van der Waals surface area contributed by atoms with Gasteiger partial charge in [0.15, 0.2) is 11.6 Å². The molecule has 0 saturated heterocycles. The number of anilines is 1. The number of esters is 1. The molecule has 0 bridgehead atoms. The van der Waals surface area contributed by atoms with Crippen LogP contribution in [-0.4, -0.2) is 18.7 Å². The lowest BCUT2D eigenvalue weighted by Crippen LogP contribution is -2.16. The fraction of sp³-hybridized carbons (Fsp3) is 0.533. The van der Waals surface area contributed by atoms with Gasteiger partial charge in [0.2, 0.25) is 0 Å². The van der Waals surface area contributed by atoms with Crippen molar-refractivity contribution in [3.05, 3.63) is 23.5 Å². The predicted molar refractivity (Wildman–Crippen MR) is 74.3 cm³/mol. The minimum absolute atomic E-state index is 0.0210. The van der Waals surface area contributed by atoms with Crippen LogP contribution in [-0.2, 0) is 4.74 Å². The Bertz CT molecular complexity index is 484. The van der Waals surface area contributed by atoms with Crippen LogP contribution in [0.25, 0.3) is 0 Å². The molecule has 0 radical (unpaired) electrons. The summed E-state index contributed by atoms with van der Waals surface area (Å²) in [6.45, 7) is 2.11. The van der Waals surface area contributed by atoms with E-state index in [-0.39, 0.29) is 29.7 Å². The Morgan fingerprint density at radius 1 is 1.40 bits per heavy atom. The summed E-state index contributed by atoms with van der Waals surface area (Å²) in [6.07, 6.45) is 4.71. The van der Waals surface area contributed by atoms with Crippen molar-refractivity contribution in [1.29, 1.82) is 0 Å². The maximum absolute atomic E-state index is 14.4. The van der Waals surface area contributed by atoms with Crippen molar-refractivity contribution in [3.63, 3.8) is 0 Å². The number of nitrogen functional groups attached to an aromatic ring is 1. The highest BCUT2D eigenvalue weighted by Crippen LogP contribution is 2.30. The van der Waals surface area contributed by atoms with Gasteiger partial charge in [0.25, 0.3) is 0 Å². The molecule has 4 nitrogen and oxygen atoms in total. The molecule has 1 fully saturated rings. The summed E-state index contributed by atoms with van der Waals surface area (Å²) in [6, 6.07) is 2.95. The van der Waals surface area contributed by atoms with E-state index in [2.05, 4.69) is 0 Å². The van der Waals surface area contributed by atoms with E-state index >= 15 is 0 Å². The van der Waals surface area contributed by atoms with Crippen molar-refractivity contribution in [1.82, 2.24) is 0 Å². The standard InChI is InChI=1S/C15H20FNO3/c1-2-9-19-15(18)13-11(17)7-8-12(14(13)16)20-10-5-3-4-6-10/h7-8,10H,2-6,9,17H2,1H3. The van der Waals surface area contributed by atoms with Crippen LogP contribution in [0.2, 0.25) is 0 Å². The van der Waals surface area contributed by atoms with Crippen molar-refractivity contribution < 1.29 is 18.7 Å². The number of ether oxygens (including phenoxy) is 2. The molecule has 0 aromatic heterocycles. The van der Waals surface area contributed by atoms with Gasteiger partial charge in [-0.05, 0) is 44.2 Å². The fourth-order valence-electron chi connectivity index (χ4n) is 2.32. The van der Waals surface area contributed by atoms with Crippen LogP contribution in [0.5, 0.6) is 5.75 Å². The second-order valence-corrected chi connectivity index (χ2v) is 5.00. The summed E-state index contributed by atoms with van der Waals surface area (Å²) in [5.74, 6) is -1.38. The Balaban J connectivity index is 2.20. The third kappa shape index (κ3) is 3.21. The summed E-state index contributed by atoms with van der Waals surface area (Å²) < 4.78 is 24.9. The molecule has 2 rings (SSSR count). The van der Waals surface area contributed by atoms with Crippen molar-refractivity contribution in [2.45, 2.75) is 45.1 Å². The van der Waals surface area contributed by atoms with Gasteiger partial charge in [0, 0.05) is 5.69 Å². The third-order valence-electron chi connectivity index (χ3n) is 3.38. The molecule has 1 aromatic rings. The second-order valence-electron chi connectivity index (χ2n) is 5.00. The predicted octanol–water partition coefficient (Wildman–Crippen LogP) is 3.30. The number of nitrogens with two attached hydrogens (primary N) is 1. The van der Waals surface area contributed by atoms with Crippen LogP contribution < -0.4 is 10.5 Å². The van der Waals surface area contributed by atoms with Crippen LogP contribution in [0.3, 0.4) is 0 Å². The normalized spacial score (nSPS) is 15.3. The monoisotopic (exact) mass is 281 g/mol. The lowest BCUT2D eigenvalue weighted by molar-refractivity contribution is 0.0499. The highest BCUT2D eigenvalue weighted by atomic mass is 19.1. The van der Waals surface area contributed by atoms with Gasteiger partial charge in [0.05, 0.1) is 12.7 Å². The van der Waals surface area contributed by atoms with Crippen molar-refractivity contribution in [2.24, 2.45) is 0 Å². The van der Waals surface area contributed by atoms with Crippen molar-refractivity contribution >= 4 is 11.7 Å². The van der Waals surface area contributed by atoms with E-state index in [1.165, 1.54) is 12.1 Å². The molecular weight excluding hydrogens is 261 g/mol. The number of hydrogen-bond donors (Lipinski definition) is 1. The average Bonchev–Trinajstić information content (AvgIpc) is 2.93. The largest absolute Gasteiger partial charge is 0.487 e. The molecular formula is C15H20FNO3. The summed E-state index contributed by atoms with van der Waals surface area (Å²) >= 11 is 0. The van der Waals surface area contributed by atoms with Gasteiger partial charge in [-0.2, -0.15) is 0 Å². The molecule has 0 atom stereocenters. The molecule has 0 heterocycles. The molecule has 20 heavy (non-hydrogen) atoms. The van der Waals surface area contributed by atoms with E-state index < -0.39 is 11.8 Å². The molecule has 5 heteroatoms. The highest BCUT2D eigenvalue weighted by molar-refractivity contribution is 5.96. The van der Waals surface area contributed by atoms with Gasteiger partial charge in [-0.25, -0.2) is 9.18 Å². The van der Waals surface area contributed by atoms with Crippen LogP contribution in [0.15, 0.2) is 12.1 Å². The summed E-state index contributed by atoms with van der Waals surface area (Å²) in [5, 5.41) is 0. The van der Waals surface area contributed by atoms with E-state index in [1.807, 2.05) is 6.92 Å². The zero-order valence-corrected chi connectivity index (χ0v) is 11.7. The van der Waals surface area contributed by atoms with Crippen LogP contribution in [0.4, 0.5) is 10.1 Å².